The van der Waals surface area contributed by atoms with E-state index in [1.807, 2.05) is 0 Å². The SMILES string of the molecule is CC/C(=C\S(=O)(=O)O)C(N)=O. The van der Waals surface area contributed by atoms with Crippen molar-refractivity contribution < 1.29 is 17.8 Å². The normalized spacial score (nSPS) is 13.1. The average molecular weight is 179 g/mol. The Labute approximate surface area is 64.6 Å². The quantitative estimate of drug-likeness (QED) is 0.457. The van der Waals surface area contributed by atoms with E-state index in [1.165, 1.54) is 0 Å². The maximum Gasteiger partial charge on any atom is 0.288 e. The van der Waals surface area contributed by atoms with Crippen molar-refractivity contribution >= 4 is 16.0 Å². The van der Waals surface area contributed by atoms with Gasteiger partial charge in [-0.2, -0.15) is 8.42 Å². The molecule has 0 aliphatic rings. The molecule has 0 aliphatic carbocycles. The molecular weight excluding hydrogens is 170 g/mol. The first-order valence-corrected chi connectivity index (χ1v) is 4.35. The molecule has 0 atom stereocenters. The minimum Gasteiger partial charge on any atom is -0.366 e. The highest BCUT2D eigenvalue weighted by molar-refractivity contribution is 7.88. The molecule has 11 heavy (non-hydrogen) atoms. The van der Waals surface area contributed by atoms with Crippen LogP contribution in [0.2, 0.25) is 0 Å². The standard InChI is InChI=1S/C5H9NO4S/c1-2-4(5(6)7)3-11(8,9)10/h3H,2H2,1H3,(H2,6,7)(H,8,9,10)/b4-3+. The Bertz CT molecular complexity index is 277. The first kappa shape index (κ1) is 10.1. The van der Waals surface area contributed by atoms with Gasteiger partial charge in [-0.15, -0.1) is 0 Å². The van der Waals surface area contributed by atoms with E-state index < -0.39 is 16.0 Å². The summed E-state index contributed by atoms with van der Waals surface area (Å²) in [6.45, 7) is 1.56. The van der Waals surface area contributed by atoms with Crippen LogP contribution < -0.4 is 5.73 Å². The molecule has 0 aromatic rings. The molecule has 1 amide bonds. The van der Waals surface area contributed by atoms with Gasteiger partial charge < -0.3 is 5.73 Å². The van der Waals surface area contributed by atoms with Gasteiger partial charge in [0.15, 0.2) is 0 Å². The van der Waals surface area contributed by atoms with E-state index in [0.717, 1.165) is 0 Å². The zero-order chi connectivity index (χ0) is 9.07. The Morgan fingerprint density at radius 1 is 1.64 bits per heavy atom. The van der Waals surface area contributed by atoms with E-state index in [1.54, 1.807) is 6.92 Å². The van der Waals surface area contributed by atoms with Crippen LogP contribution in [0.15, 0.2) is 11.0 Å². The molecule has 0 radical (unpaired) electrons. The third kappa shape index (κ3) is 4.51. The fourth-order valence-corrected chi connectivity index (χ4v) is 1.14. The summed E-state index contributed by atoms with van der Waals surface area (Å²) in [4.78, 5) is 10.4. The van der Waals surface area contributed by atoms with Crippen molar-refractivity contribution in [1.82, 2.24) is 0 Å². The third-order valence-corrected chi connectivity index (χ3v) is 1.57. The van der Waals surface area contributed by atoms with Crippen LogP contribution in [0.25, 0.3) is 0 Å². The predicted molar refractivity (Wildman–Crippen MR) is 39.1 cm³/mol. The zero-order valence-electron chi connectivity index (χ0n) is 5.94. The average Bonchev–Trinajstić information content (AvgIpc) is 1.80. The molecule has 0 heterocycles. The van der Waals surface area contributed by atoms with Crippen LogP contribution in [-0.2, 0) is 14.9 Å². The molecule has 0 unspecified atom stereocenters. The first-order valence-electron chi connectivity index (χ1n) is 2.84. The van der Waals surface area contributed by atoms with Crippen molar-refractivity contribution in [3.8, 4) is 0 Å². The fourth-order valence-electron chi connectivity index (χ4n) is 0.495. The molecule has 3 N–H and O–H groups in total. The number of hydrogen-bond acceptors (Lipinski definition) is 3. The van der Waals surface area contributed by atoms with Crippen LogP contribution in [0.1, 0.15) is 13.3 Å². The molecule has 0 saturated heterocycles. The number of hydrogen-bond donors (Lipinski definition) is 2. The van der Waals surface area contributed by atoms with E-state index >= 15 is 0 Å². The summed E-state index contributed by atoms with van der Waals surface area (Å²) in [5.41, 5.74) is 4.65. The van der Waals surface area contributed by atoms with Crippen LogP contribution >= 0.6 is 0 Å². The van der Waals surface area contributed by atoms with Gasteiger partial charge in [-0.25, -0.2) is 0 Å². The Hall–Kier alpha value is -0.880. The van der Waals surface area contributed by atoms with Crippen LogP contribution in [0.3, 0.4) is 0 Å². The maximum atomic E-state index is 10.4. The van der Waals surface area contributed by atoms with Gasteiger partial charge in [0.25, 0.3) is 10.1 Å². The highest BCUT2D eigenvalue weighted by Crippen LogP contribution is 2.01. The highest BCUT2D eigenvalue weighted by atomic mass is 32.2. The lowest BCUT2D eigenvalue weighted by atomic mass is 10.2. The molecule has 64 valence electrons. The second-order valence-electron chi connectivity index (χ2n) is 1.88. The third-order valence-electron chi connectivity index (χ3n) is 0.989. The highest BCUT2D eigenvalue weighted by Gasteiger charge is 2.06. The van der Waals surface area contributed by atoms with Gasteiger partial charge in [-0.1, -0.05) is 6.92 Å². The van der Waals surface area contributed by atoms with E-state index in [9.17, 15) is 13.2 Å². The van der Waals surface area contributed by atoms with Crippen molar-refractivity contribution in [3.63, 3.8) is 0 Å². The van der Waals surface area contributed by atoms with Crippen molar-refractivity contribution in [3.05, 3.63) is 11.0 Å². The Balaban J connectivity index is 4.79. The topological polar surface area (TPSA) is 97.5 Å². The second kappa shape index (κ2) is 3.49. The summed E-state index contributed by atoms with van der Waals surface area (Å²) < 4.78 is 28.6. The van der Waals surface area contributed by atoms with Crippen molar-refractivity contribution in [2.75, 3.05) is 0 Å². The predicted octanol–water partition coefficient (Wildman–Crippen LogP) is -0.347. The first-order chi connectivity index (χ1) is 4.87. The lowest BCUT2D eigenvalue weighted by Crippen LogP contribution is -2.14. The molecular formula is C5H9NO4S. The summed E-state index contributed by atoms with van der Waals surface area (Å²) in [5.74, 6) is -0.842. The Morgan fingerprint density at radius 3 is 2.18 bits per heavy atom. The Kier molecular flexibility index (Phi) is 3.21. The van der Waals surface area contributed by atoms with Crippen LogP contribution in [0.5, 0.6) is 0 Å². The zero-order valence-corrected chi connectivity index (χ0v) is 6.76. The molecule has 0 fully saturated rings. The molecule has 5 nitrogen and oxygen atoms in total. The van der Waals surface area contributed by atoms with Gasteiger partial charge in [-0.3, -0.25) is 9.35 Å². The molecule has 0 aromatic heterocycles. The van der Waals surface area contributed by atoms with Crippen LogP contribution in [-0.4, -0.2) is 18.9 Å². The van der Waals surface area contributed by atoms with Crippen LogP contribution in [0.4, 0.5) is 0 Å². The summed E-state index contributed by atoms with van der Waals surface area (Å²) in [6.07, 6.45) is 0.176. The number of nitrogens with two attached hydrogens (primary N) is 1. The van der Waals surface area contributed by atoms with E-state index in [0.29, 0.717) is 5.41 Å². The number of amides is 1. The monoisotopic (exact) mass is 179 g/mol. The molecule has 0 aromatic carbocycles. The minimum atomic E-state index is -4.24. The van der Waals surface area contributed by atoms with Gasteiger partial charge in [-0.05, 0) is 6.42 Å². The Morgan fingerprint density at radius 2 is 2.09 bits per heavy atom. The second-order valence-corrected chi connectivity index (χ2v) is 3.14. The van der Waals surface area contributed by atoms with Gasteiger partial charge in [0.2, 0.25) is 5.91 Å². The summed E-state index contributed by atoms with van der Waals surface area (Å²) in [7, 11) is -4.24. The van der Waals surface area contributed by atoms with E-state index in [4.69, 9.17) is 10.3 Å². The molecule has 0 spiro atoms. The maximum absolute atomic E-state index is 10.4. The van der Waals surface area contributed by atoms with E-state index in [2.05, 4.69) is 0 Å². The smallest absolute Gasteiger partial charge is 0.288 e. The minimum absolute atomic E-state index is 0.118. The lowest BCUT2D eigenvalue weighted by Gasteiger charge is -1.95. The number of carbonyl (C=O) groups excluding carboxylic acids is 1. The number of primary amides is 1. The molecule has 0 bridgehead atoms. The summed E-state index contributed by atoms with van der Waals surface area (Å²) >= 11 is 0. The number of rotatable bonds is 3. The summed E-state index contributed by atoms with van der Waals surface area (Å²) in [5, 5.41) is 0.454. The van der Waals surface area contributed by atoms with E-state index in [-0.39, 0.29) is 12.0 Å². The van der Waals surface area contributed by atoms with Crippen molar-refractivity contribution in [2.45, 2.75) is 13.3 Å². The number of carbonyl (C=O) groups is 1. The van der Waals surface area contributed by atoms with Crippen LogP contribution in [0, 0.1) is 0 Å². The van der Waals surface area contributed by atoms with Gasteiger partial charge >= 0.3 is 0 Å². The van der Waals surface area contributed by atoms with Crippen molar-refractivity contribution in [2.24, 2.45) is 5.73 Å². The largest absolute Gasteiger partial charge is 0.366 e. The lowest BCUT2D eigenvalue weighted by molar-refractivity contribution is -0.114. The molecule has 0 saturated carbocycles. The van der Waals surface area contributed by atoms with Gasteiger partial charge in [0, 0.05) is 5.57 Å². The molecule has 0 rings (SSSR count). The van der Waals surface area contributed by atoms with Crippen molar-refractivity contribution in [1.29, 1.82) is 0 Å². The van der Waals surface area contributed by atoms with Gasteiger partial charge in [0.05, 0.1) is 5.41 Å². The fraction of sp³-hybridized carbons (Fsp3) is 0.400. The van der Waals surface area contributed by atoms with Gasteiger partial charge in [0.1, 0.15) is 0 Å². The summed E-state index contributed by atoms with van der Waals surface area (Å²) in [6, 6.07) is 0. The molecule has 6 heteroatoms. The molecule has 0 aliphatic heterocycles.